The molecule has 0 aromatic carbocycles. The lowest BCUT2D eigenvalue weighted by atomic mass is 10.1. The van der Waals surface area contributed by atoms with Crippen LogP contribution in [-0.2, 0) is 9.53 Å². The molecule has 0 saturated carbocycles. The van der Waals surface area contributed by atoms with Gasteiger partial charge in [0.05, 0.1) is 12.5 Å². The van der Waals surface area contributed by atoms with E-state index in [1.807, 2.05) is 0 Å². The van der Waals surface area contributed by atoms with Gasteiger partial charge in [-0.2, -0.15) is 13.2 Å². The fourth-order valence-corrected chi connectivity index (χ4v) is 1.41. The molecule has 0 aromatic heterocycles. The predicted molar refractivity (Wildman–Crippen MR) is 42.6 cm³/mol. The van der Waals surface area contributed by atoms with Crippen LogP contribution in [0.2, 0.25) is 0 Å². The third-order valence-electron chi connectivity index (χ3n) is 2.16. The van der Waals surface area contributed by atoms with Crippen LogP contribution in [0.4, 0.5) is 13.2 Å². The van der Waals surface area contributed by atoms with E-state index >= 15 is 0 Å². The molecule has 0 aromatic rings. The first kappa shape index (κ1) is 11.3. The highest BCUT2D eigenvalue weighted by Gasteiger charge is 2.46. The largest absolute Gasteiger partial charge is 0.465 e. The fourth-order valence-electron chi connectivity index (χ4n) is 1.41. The van der Waals surface area contributed by atoms with E-state index in [0.29, 0.717) is 0 Å². The van der Waals surface area contributed by atoms with Crippen LogP contribution in [0.3, 0.4) is 0 Å². The Balaban J connectivity index is 2.45. The van der Waals surface area contributed by atoms with E-state index in [0.717, 1.165) is 0 Å². The molecule has 3 nitrogen and oxygen atoms in total. The molecular weight excluding hydrogens is 199 g/mol. The van der Waals surface area contributed by atoms with Crippen LogP contribution in [0.25, 0.3) is 0 Å². The van der Waals surface area contributed by atoms with Crippen molar-refractivity contribution in [3.8, 4) is 0 Å². The highest BCUT2D eigenvalue weighted by atomic mass is 19.4. The third kappa shape index (κ3) is 2.60. The summed E-state index contributed by atoms with van der Waals surface area (Å²) in [6.45, 7) is 1.61. The molecule has 14 heavy (non-hydrogen) atoms. The van der Waals surface area contributed by atoms with E-state index in [4.69, 9.17) is 0 Å². The van der Waals surface area contributed by atoms with Gasteiger partial charge in [0.2, 0.25) is 0 Å². The van der Waals surface area contributed by atoms with Crippen LogP contribution in [0, 0.1) is 5.92 Å². The summed E-state index contributed by atoms with van der Waals surface area (Å²) in [5.41, 5.74) is 0. The molecular formula is C8H12F3NO2. The Bertz CT molecular complexity index is 217. The van der Waals surface area contributed by atoms with Crippen molar-refractivity contribution in [3.63, 3.8) is 0 Å². The zero-order valence-corrected chi connectivity index (χ0v) is 7.73. The maximum Gasteiger partial charge on any atom is 0.393 e. The maximum atomic E-state index is 12.2. The summed E-state index contributed by atoms with van der Waals surface area (Å²) in [5.74, 6) is -2.03. The Morgan fingerprint density at radius 1 is 1.57 bits per heavy atom. The van der Waals surface area contributed by atoms with Crippen molar-refractivity contribution in [1.82, 2.24) is 5.32 Å². The van der Waals surface area contributed by atoms with Gasteiger partial charge in [-0.1, -0.05) is 0 Å². The van der Waals surface area contributed by atoms with Gasteiger partial charge in [-0.3, -0.25) is 4.79 Å². The van der Waals surface area contributed by atoms with E-state index in [1.54, 1.807) is 6.92 Å². The topological polar surface area (TPSA) is 38.3 Å². The van der Waals surface area contributed by atoms with Gasteiger partial charge >= 0.3 is 12.1 Å². The number of halogens is 3. The Morgan fingerprint density at radius 2 is 2.21 bits per heavy atom. The van der Waals surface area contributed by atoms with Gasteiger partial charge in [0, 0.05) is 6.54 Å². The van der Waals surface area contributed by atoms with Crippen molar-refractivity contribution in [2.45, 2.75) is 25.6 Å². The van der Waals surface area contributed by atoms with Crippen molar-refractivity contribution in [1.29, 1.82) is 0 Å². The summed E-state index contributed by atoms with van der Waals surface area (Å²) < 4.78 is 41.2. The molecule has 6 heteroatoms. The van der Waals surface area contributed by atoms with Gasteiger partial charge in [0.1, 0.15) is 6.04 Å². The minimum absolute atomic E-state index is 0.188. The molecule has 2 unspecified atom stereocenters. The predicted octanol–water partition coefficient (Wildman–Crippen LogP) is 1.09. The molecule has 2 atom stereocenters. The number of alkyl halides is 3. The number of nitrogens with one attached hydrogen (secondary N) is 1. The van der Waals surface area contributed by atoms with Crippen LogP contribution >= 0.6 is 0 Å². The number of ether oxygens (including phenoxy) is 1. The summed E-state index contributed by atoms with van der Waals surface area (Å²) in [6, 6.07) is -0.804. The Labute approximate surface area is 79.6 Å². The second-order valence-corrected chi connectivity index (χ2v) is 3.19. The van der Waals surface area contributed by atoms with Crippen LogP contribution in [-0.4, -0.2) is 31.3 Å². The molecule has 1 rings (SSSR count). The van der Waals surface area contributed by atoms with Gasteiger partial charge < -0.3 is 10.1 Å². The number of carbonyl (C=O) groups excluding carboxylic acids is 1. The zero-order chi connectivity index (χ0) is 10.8. The highest BCUT2D eigenvalue weighted by molar-refractivity contribution is 5.76. The van der Waals surface area contributed by atoms with E-state index in [9.17, 15) is 18.0 Å². The lowest BCUT2D eigenvalue weighted by molar-refractivity contribution is -0.169. The van der Waals surface area contributed by atoms with Gasteiger partial charge in [0.25, 0.3) is 0 Å². The summed E-state index contributed by atoms with van der Waals surface area (Å²) in [4.78, 5) is 11.1. The second-order valence-electron chi connectivity index (χ2n) is 3.19. The van der Waals surface area contributed by atoms with Crippen molar-refractivity contribution >= 4 is 5.97 Å². The molecule has 1 aliphatic heterocycles. The number of rotatable bonds is 2. The zero-order valence-electron chi connectivity index (χ0n) is 7.73. The Morgan fingerprint density at radius 3 is 2.64 bits per heavy atom. The SMILES string of the molecule is CCOC(=O)C1CC(C(F)(F)F)CN1. The average molecular weight is 211 g/mol. The van der Waals surface area contributed by atoms with Crippen LogP contribution in [0.15, 0.2) is 0 Å². The van der Waals surface area contributed by atoms with Crippen molar-refractivity contribution in [2.75, 3.05) is 13.2 Å². The van der Waals surface area contributed by atoms with Gasteiger partial charge in [0.15, 0.2) is 0 Å². The molecule has 1 N–H and O–H groups in total. The smallest absolute Gasteiger partial charge is 0.393 e. The quantitative estimate of drug-likeness (QED) is 0.695. The number of esters is 1. The molecule has 1 aliphatic rings. The Hall–Kier alpha value is -0.780. The van der Waals surface area contributed by atoms with Crippen LogP contribution in [0.5, 0.6) is 0 Å². The minimum Gasteiger partial charge on any atom is -0.465 e. The molecule has 1 heterocycles. The van der Waals surface area contributed by atoms with Crippen LogP contribution < -0.4 is 5.32 Å². The molecule has 0 bridgehead atoms. The molecule has 1 saturated heterocycles. The molecule has 82 valence electrons. The number of carbonyl (C=O) groups is 1. The Kier molecular flexibility index (Phi) is 3.36. The standard InChI is InChI=1S/C8H12F3NO2/c1-2-14-7(13)6-3-5(4-12-6)8(9,10)11/h5-6,12H,2-4H2,1H3. The van der Waals surface area contributed by atoms with Crippen LogP contribution in [0.1, 0.15) is 13.3 Å². The van der Waals surface area contributed by atoms with Crippen molar-refractivity contribution < 1.29 is 22.7 Å². The van der Waals surface area contributed by atoms with Gasteiger partial charge in [-0.15, -0.1) is 0 Å². The summed E-state index contributed by atoms with van der Waals surface area (Å²) >= 11 is 0. The minimum atomic E-state index is -4.23. The maximum absolute atomic E-state index is 12.2. The van der Waals surface area contributed by atoms with Crippen molar-refractivity contribution in [2.24, 2.45) is 5.92 Å². The molecule has 0 aliphatic carbocycles. The van der Waals surface area contributed by atoms with E-state index in [1.165, 1.54) is 0 Å². The highest BCUT2D eigenvalue weighted by Crippen LogP contribution is 2.32. The number of hydrogen-bond donors (Lipinski definition) is 1. The first-order chi connectivity index (χ1) is 6.45. The first-order valence-electron chi connectivity index (χ1n) is 4.42. The molecule has 0 amide bonds. The monoisotopic (exact) mass is 211 g/mol. The first-order valence-corrected chi connectivity index (χ1v) is 4.42. The average Bonchev–Trinajstić information content (AvgIpc) is 2.51. The molecule has 0 radical (unpaired) electrons. The molecule has 1 fully saturated rings. The lowest BCUT2D eigenvalue weighted by Crippen LogP contribution is -2.32. The normalized spacial score (nSPS) is 27.7. The summed E-state index contributed by atoms with van der Waals surface area (Å²) in [6.07, 6.45) is -4.45. The van der Waals surface area contributed by atoms with E-state index in [-0.39, 0.29) is 19.6 Å². The summed E-state index contributed by atoms with van der Waals surface area (Å²) in [7, 11) is 0. The van der Waals surface area contributed by atoms with E-state index in [2.05, 4.69) is 10.1 Å². The lowest BCUT2D eigenvalue weighted by Gasteiger charge is -2.12. The fraction of sp³-hybridized carbons (Fsp3) is 0.875. The third-order valence-corrected chi connectivity index (χ3v) is 2.16. The van der Waals surface area contributed by atoms with Crippen molar-refractivity contribution in [3.05, 3.63) is 0 Å². The second kappa shape index (κ2) is 4.16. The van der Waals surface area contributed by atoms with Gasteiger partial charge in [-0.05, 0) is 13.3 Å². The summed E-state index contributed by atoms with van der Waals surface area (Å²) in [5, 5.41) is 2.50. The molecule has 0 spiro atoms. The van der Waals surface area contributed by atoms with Gasteiger partial charge in [-0.25, -0.2) is 0 Å². The van der Waals surface area contributed by atoms with E-state index < -0.39 is 24.1 Å². The number of hydrogen-bond acceptors (Lipinski definition) is 3.